The van der Waals surface area contributed by atoms with Gasteiger partial charge in [0.05, 0.1) is 18.8 Å². The van der Waals surface area contributed by atoms with Gasteiger partial charge in [-0.2, -0.15) is 0 Å². The van der Waals surface area contributed by atoms with Crippen LogP contribution in [0.15, 0.2) is 59.1 Å². The fourth-order valence-corrected chi connectivity index (χ4v) is 4.53. The van der Waals surface area contributed by atoms with Crippen LogP contribution in [0.25, 0.3) is 0 Å². The van der Waals surface area contributed by atoms with Crippen molar-refractivity contribution >= 4 is 51.0 Å². The zero-order valence-corrected chi connectivity index (χ0v) is 21.9. The van der Waals surface area contributed by atoms with Crippen molar-refractivity contribution < 1.29 is 19.1 Å². The molecule has 0 bridgehead atoms. The zero-order valence-electron chi connectivity index (χ0n) is 19.5. The number of aromatic nitrogens is 1. The molecule has 1 aliphatic heterocycles. The molecule has 1 aromatic heterocycles. The SMILES string of the molecule is COC(=O)c1nc(Cl)ccc1N[C@H](C)c1cc(C)cc(N2C(=O)OC[C@@H]2Cc2ccc(Br)cc2)c1. The second-order valence-corrected chi connectivity index (χ2v) is 9.72. The van der Waals surface area contributed by atoms with Gasteiger partial charge in [-0.1, -0.05) is 45.7 Å². The van der Waals surface area contributed by atoms with Gasteiger partial charge in [-0.3, -0.25) is 4.90 Å². The van der Waals surface area contributed by atoms with Crippen LogP contribution in [0, 0.1) is 6.92 Å². The van der Waals surface area contributed by atoms with E-state index in [1.807, 2.05) is 56.3 Å². The summed E-state index contributed by atoms with van der Waals surface area (Å²) in [5.74, 6) is -0.581. The number of amides is 1. The van der Waals surface area contributed by atoms with Gasteiger partial charge in [-0.25, -0.2) is 14.6 Å². The third-order valence-corrected chi connectivity index (χ3v) is 6.56. The Kier molecular flexibility index (Phi) is 7.62. The maximum atomic E-state index is 12.7. The van der Waals surface area contributed by atoms with Crippen molar-refractivity contribution in [2.75, 3.05) is 23.9 Å². The van der Waals surface area contributed by atoms with Crippen molar-refractivity contribution in [1.29, 1.82) is 0 Å². The number of anilines is 2. The minimum Gasteiger partial charge on any atom is -0.464 e. The van der Waals surface area contributed by atoms with Gasteiger partial charge < -0.3 is 14.8 Å². The van der Waals surface area contributed by atoms with Gasteiger partial charge >= 0.3 is 12.1 Å². The van der Waals surface area contributed by atoms with E-state index in [0.29, 0.717) is 18.7 Å². The highest BCUT2D eigenvalue weighted by Crippen LogP contribution is 2.31. The number of rotatable bonds is 7. The molecule has 1 aliphatic rings. The van der Waals surface area contributed by atoms with Crippen molar-refractivity contribution in [3.63, 3.8) is 0 Å². The van der Waals surface area contributed by atoms with Crippen LogP contribution in [-0.2, 0) is 15.9 Å². The Morgan fingerprint density at radius 3 is 2.71 bits per heavy atom. The predicted octanol–water partition coefficient (Wildman–Crippen LogP) is 6.33. The summed E-state index contributed by atoms with van der Waals surface area (Å²) in [5, 5.41) is 3.52. The Morgan fingerprint density at radius 1 is 1.26 bits per heavy atom. The highest BCUT2D eigenvalue weighted by molar-refractivity contribution is 9.10. The molecule has 1 fully saturated rings. The quantitative estimate of drug-likeness (QED) is 0.269. The van der Waals surface area contributed by atoms with E-state index >= 15 is 0 Å². The lowest BCUT2D eigenvalue weighted by molar-refractivity contribution is 0.0595. The second-order valence-electron chi connectivity index (χ2n) is 8.42. The lowest BCUT2D eigenvalue weighted by Gasteiger charge is -2.24. The molecular weight excluding hydrogens is 534 g/mol. The molecule has 1 saturated heterocycles. The Balaban J connectivity index is 1.60. The van der Waals surface area contributed by atoms with Crippen LogP contribution in [0.3, 0.4) is 0 Å². The highest BCUT2D eigenvalue weighted by atomic mass is 79.9. The number of hydrogen-bond donors (Lipinski definition) is 1. The molecule has 0 aliphatic carbocycles. The number of ether oxygens (including phenoxy) is 2. The van der Waals surface area contributed by atoms with Crippen molar-refractivity contribution in [3.05, 3.63) is 86.6 Å². The van der Waals surface area contributed by atoms with Crippen molar-refractivity contribution in [2.24, 2.45) is 0 Å². The van der Waals surface area contributed by atoms with Gasteiger partial charge in [0.25, 0.3) is 0 Å². The van der Waals surface area contributed by atoms with Crippen LogP contribution in [0.5, 0.6) is 0 Å². The predicted molar refractivity (Wildman–Crippen MR) is 139 cm³/mol. The molecule has 2 heterocycles. The molecule has 2 aromatic carbocycles. The zero-order chi connectivity index (χ0) is 25.1. The van der Waals surface area contributed by atoms with Crippen LogP contribution in [0.4, 0.5) is 16.2 Å². The Bertz CT molecular complexity index is 1250. The number of benzene rings is 2. The molecule has 1 amide bonds. The van der Waals surface area contributed by atoms with E-state index < -0.39 is 5.97 Å². The number of aryl methyl sites for hydroxylation is 1. The number of esters is 1. The van der Waals surface area contributed by atoms with Crippen LogP contribution in [0.1, 0.15) is 40.1 Å². The van der Waals surface area contributed by atoms with Gasteiger partial charge in [0.1, 0.15) is 11.8 Å². The number of carbonyl (C=O) groups excluding carboxylic acids is 2. The van der Waals surface area contributed by atoms with Gasteiger partial charge in [-0.15, -0.1) is 0 Å². The molecule has 35 heavy (non-hydrogen) atoms. The summed E-state index contributed by atoms with van der Waals surface area (Å²) < 4.78 is 11.3. The number of cyclic esters (lactones) is 1. The average Bonchev–Trinajstić information content (AvgIpc) is 3.20. The molecule has 182 valence electrons. The number of hydrogen-bond acceptors (Lipinski definition) is 6. The fraction of sp³-hybridized carbons (Fsp3) is 0.269. The molecule has 9 heteroatoms. The number of methoxy groups -OCH3 is 1. The Hall–Kier alpha value is -3.10. The molecule has 7 nitrogen and oxygen atoms in total. The molecule has 0 radical (unpaired) electrons. The molecule has 0 saturated carbocycles. The van der Waals surface area contributed by atoms with Crippen LogP contribution in [0.2, 0.25) is 5.15 Å². The summed E-state index contributed by atoms with van der Waals surface area (Å²) in [4.78, 5) is 30.7. The van der Waals surface area contributed by atoms with Crippen molar-refractivity contribution in [2.45, 2.75) is 32.4 Å². The maximum Gasteiger partial charge on any atom is 0.414 e. The van der Waals surface area contributed by atoms with E-state index in [1.54, 1.807) is 17.0 Å². The van der Waals surface area contributed by atoms with E-state index in [4.69, 9.17) is 21.1 Å². The average molecular weight is 559 g/mol. The maximum absolute atomic E-state index is 12.7. The summed E-state index contributed by atoms with van der Waals surface area (Å²) in [6.45, 7) is 4.27. The van der Waals surface area contributed by atoms with Gasteiger partial charge in [0, 0.05) is 16.2 Å². The number of carbonyl (C=O) groups is 2. The van der Waals surface area contributed by atoms with Crippen molar-refractivity contribution in [1.82, 2.24) is 4.98 Å². The van der Waals surface area contributed by atoms with Crippen LogP contribution in [-0.4, -0.2) is 36.8 Å². The highest BCUT2D eigenvalue weighted by Gasteiger charge is 2.34. The van der Waals surface area contributed by atoms with Gasteiger partial charge in [0.2, 0.25) is 0 Å². The van der Waals surface area contributed by atoms with Gasteiger partial charge in [-0.05, 0) is 73.4 Å². The molecule has 3 aromatic rings. The summed E-state index contributed by atoms with van der Waals surface area (Å²) in [6, 6.07) is 17.0. The van der Waals surface area contributed by atoms with Crippen LogP contribution < -0.4 is 10.2 Å². The second kappa shape index (κ2) is 10.7. The molecular formula is C26H25BrClN3O4. The smallest absolute Gasteiger partial charge is 0.414 e. The number of nitrogens with zero attached hydrogens (tertiary/aromatic N) is 2. The normalized spacial score (nSPS) is 16.1. The first-order valence-electron chi connectivity index (χ1n) is 11.1. The monoisotopic (exact) mass is 557 g/mol. The minimum atomic E-state index is -0.581. The standard InChI is InChI=1S/C26H25BrClN3O4/c1-15-10-18(16(2)29-22-8-9-23(28)30-24(22)25(32)34-3)13-20(11-15)31-21(14-35-26(31)33)12-17-4-6-19(27)7-5-17/h4-11,13,16,21,29H,12,14H2,1-3H3/t16-,21+/m1/s1. The lowest BCUT2D eigenvalue weighted by atomic mass is 10.0. The first-order chi connectivity index (χ1) is 16.7. The van der Waals surface area contributed by atoms with E-state index in [0.717, 1.165) is 26.9 Å². The largest absolute Gasteiger partial charge is 0.464 e. The number of nitrogens with one attached hydrogen (secondary N) is 1. The number of halogens is 2. The fourth-order valence-electron chi connectivity index (χ4n) is 4.12. The topological polar surface area (TPSA) is 80.8 Å². The summed E-state index contributed by atoms with van der Waals surface area (Å²) >= 11 is 9.44. The van der Waals surface area contributed by atoms with E-state index in [-0.39, 0.29) is 29.0 Å². The van der Waals surface area contributed by atoms with Crippen LogP contribution >= 0.6 is 27.5 Å². The first kappa shape index (κ1) is 25.0. The molecule has 0 unspecified atom stereocenters. The lowest BCUT2D eigenvalue weighted by Crippen LogP contribution is -2.35. The summed E-state index contributed by atoms with van der Waals surface area (Å²) in [7, 11) is 1.30. The van der Waals surface area contributed by atoms with Gasteiger partial charge in [0.15, 0.2) is 5.69 Å². The third kappa shape index (κ3) is 5.77. The Morgan fingerprint density at radius 2 is 2.00 bits per heavy atom. The molecule has 2 atom stereocenters. The first-order valence-corrected chi connectivity index (χ1v) is 12.3. The molecule has 1 N–H and O–H groups in total. The summed E-state index contributed by atoms with van der Waals surface area (Å²) in [6.07, 6.45) is 0.314. The molecule has 0 spiro atoms. The minimum absolute atomic E-state index is 0.109. The van der Waals surface area contributed by atoms with E-state index in [2.05, 4.69) is 26.2 Å². The molecule has 4 rings (SSSR count). The summed E-state index contributed by atoms with van der Waals surface area (Å²) in [5.41, 5.74) is 4.43. The third-order valence-electron chi connectivity index (χ3n) is 5.82. The van der Waals surface area contributed by atoms with E-state index in [9.17, 15) is 9.59 Å². The number of pyridine rings is 1. The Labute approximate surface area is 217 Å². The van der Waals surface area contributed by atoms with E-state index in [1.165, 1.54) is 7.11 Å². The van der Waals surface area contributed by atoms with Crippen molar-refractivity contribution in [3.8, 4) is 0 Å².